The lowest BCUT2D eigenvalue weighted by Gasteiger charge is -2.06. The Balaban J connectivity index is 2.26. The Hall–Kier alpha value is -2.36. The third kappa shape index (κ3) is 2.96. The predicted molar refractivity (Wildman–Crippen MR) is 74.0 cm³/mol. The second kappa shape index (κ2) is 6.19. The monoisotopic (exact) mass is 274 g/mol. The highest BCUT2D eigenvalue weighted by atomic mass is 19.1. The Morgan fingerprint density at radius 1 is 1.10 bits per heavy atom. The van der Waals surface area contributed by atoms with Crippen molar-refractivity contribution in [2.75, 3.05) is 13.7 Å². The average Bonchev–Trinajstić information content (AvgIpc) is 2.47. The summed E-state index contributed by atoms with van der Waals surface area (Å²) in [5, 5.41) is 0. The molecule has 0 aliphatic heterocycles. The number of carbonyl (C=O) groups excluding carboxylic acids is 1. The summed E-state index contributed by atoms with van der Waals surface area (Å²) in [6.07, 6.45) is 0. The molecule has 0 fully saturated rings. The Bertz CT molecular complexity index is 606. The molecule has 0 aromatic heterocycles. The van der Waals surface area contributed by atoms with Crippen LogP contribution >= 0.6 is 0 Å². The highest BCUT2D eigenvalue weighted by molar-refractivity contribution is 6.09. The minimum absolute atomic E-state index is 0.0231. The van der Waals surface area contributed by atoms with Gasteiger partial charge in [-0.2, -0.15) is 0 Å². The van der Waals surface area contributed by atoms with E-state index < -0.39 is 5.82 Å². The average molecular weight is 274 g/mol. The predicted octanol–water partition coefficient (Wildman–Crippen LogP) is 3.46. The van der Waals surface area contributed by atoms with Crippen LogP contribution in [0.2, 0.25) is 0 Å². The summed E-state index contributed by atoms with van der Waals surface area (Å²) in [5.74, 6) is 0.0985. The lowest BCUT2D eigenvalue weighted by molar-refractivity contribution is 0.103. The van der Waals surface area contributed by atoms with Crippen LogP contribution in [0.25, 0.3) is 0 Å². The first kappa shape index (κ1) is 14.1. The largest absolute Gasteiger partial charge is 0.497 e. The van der Waals surface area contributed by atoms with Crippen LogP contribution in [0.5, 0.6) is 11.5 Å². The molecule has 0 N–H and O–H groups in total. The number of halogens is 1. The minimum Gasteiger partial charge on any atom is -0.497 e. The molecule has 20 heavy (non-hydrogen) atoms. The van der Waals surface area contributed by atoms with Gasteiger partial charge >= 0.3 is 0 Å². The van der Waals surface area contributed by atoms with E-state index in [0.717, 1.165) is 0 Å². The first-order valence-electron chi connectivity index (χ1n) is 6.26. The van der Waals surface area contributed by atoms with E-state index in [1.807, 2.05) is 6.92 Å². The smallest absolute Gasteiger partial charge is 0.195 e. The fourth-order valence-corrected chi connectivity index (χ4v) is 1.83. The van der Waals surface area contributed by atoms with Crippen LogP contribution in [0.3, 0.4) is 0 Å². The number of methoxy groups -OCH3 is 1. The number of hydrogen-bond donors (Lipinski definition) is 0. The van der Waals surface area contributed by atoms with Crippen LogP contribution in [0, 0.1) is 5.82 Å². The van der Waals surface area contributed by atoms with E-state index in [1.54, 1.807) is 30.3 Å². The summed E-state index contributed by atoms with van der Waals surface area (Å²) in [7, 11) is 1.45. The molecule has 0 bridgehead atoms. The number of hydrogen-bond acceptors (Lipinski definition) is 3. The van der Waals surface area contributed by atoms with Crippen LogP contribution in [0.4, 0.5) is 4.39 Å². The molecule has 0 heterocycles. The summed E-state index contributed by atoms with van der Waals surface area (Å²) in [6.45, 7) is 2.44. The van der Waals surface area contributed by atoms with Crippen LogP contribution < -0.4 is 9.47 Å². The fraction of sp³-hybridized carbons (Fsp3) is 0.188. The molecule has 2 aromatic rings. The van der Waals surface area contributed by atoms with Gasteiger partial charge in [-0.05, 0) is 43.3 Å². The molecule has 104 valence electrons. The molecule has 0 aliphatic carbocycles. The van der Waals surface area contributed by atoms with E-state index in [-0.39, 0.29) is 11.3 Å². The normalized spacial score (nSPS) is 10.2. The van der Waals surface area contributed by atoms with Crippen molar-refractivity contribution in [3.63, 3.8) is 0 Å². The van der Waals surface area contributed by atoms with Gasteiger partial charge in [0, 0.05) is 11.6 Å². The molecule has 0 amide bonds. The number of rotatable bonds is 5. The molecule has 0 spiro atoms. The molecule has 0 radical (unpaired) electrons. The van der Waals surface area contributed by atoms with Crippen LogP contribution in [-0.2, 0) is 0 Å². The zero-order valence-corrected chi connectivity index (χ0v) is 11.4. The van der Waals surface area contributed by atoms with Crippen molar-refractivity contribution < 1.29 is 18.7 Å². The number of carbonyl (C=O) groups is 1. The number of ether oxygens (including phenoxy) is 2. The summed E-state index contributed by atoms with van der Waals surface area (Å²) in [4.78, 5) is 12.2. The third-order valence-corrected chi connectivity index (χ3v) is 2.85. The van der Waals surface area contributed by atoms with E-state index in [0.29, 0.717) is 23.7 Å². The molecule has 0 atom stereocenters. The third-order valence-electron chi connectivity index (χ3n) is 2.85. The van der Waals surface area contributed by atoms with Crippen LogP contribution in [-0.4, -0.2) is 19.5 Å². The molecule has 4 heteroatoms. The molecular weight excluding hydrogens is 259 g/mol. The van der Waals surface area contributed by atoms with E-state index in [2.05, 4.69) is 0 Å². The van der Waals surface area contributed by atoms with Crippen molar-refractivity contribution in [3.05, 3.63) is 59.4 Å². The molecule has 2 rings (SSSR count). The first-order valence-corrected chi connectivity index (χ1v) is 6.26. The molecule has 0 unspecified atom stereocenters. The van der Waals surface area contributed by atoms with Gasteiger partial charge < -0.3 is 9.47 Å². The van der Waals surface area contributed by atoms with E-state index in [9.17, 15) is 9.18 Å². The lowest BCUT2D eigenvalue weighted by atomic mass is 10.0. The Morgan fingerprint density at radius 3 is 2.30 bits per heavy atom. The second-order valence-electron chi connectivity index (χ2n) is 4.13. The van der Waals surface area contributed by atoms with E-state index in [4.69, 9.17) is 9.47 Å². The van der Waals surface area contributed by atoms with Crippen LogP contribution in [0.15, 0.2) is 42.5 Å². The first-order chi connectivity index (χ1) is 9.65. The van der Waals surface area contributed by atoms with Crippen molar-refractivity contribution in [2.24, 2.45) is 0 Å². The highest BCUT2D eigenvalue weighted by Crippen LogP contribution is 2.20. The summed E-state index contributed by atoms with van der Waals surface area (Å²) in [5.41, 5.74) is 0.437. The van der Waals surface area contributed by atoms with Gasteiger partial charge in [0.25, 0.3) is 0 Å². The maximum atomic E-state index is 13.8. The van der Waals surface area contributed by atoms with Crippen LogP contribution in [0.1, 0.15) is 22.8 Å². The number of ketones is 1. The van der Waals surface area contributed by atoms with Gasteiger partial charge in [0.05, 0.1) is 19.3 Å². The fourth-order valence-electron chi connectivity index (χ4n) is 1.83. The summed E-state index contributed by atoms with van der Waals surface area (Å²) < 4.78 is 24.1. The standard InChI is InChI=1S/C16H15FO3/c1-3-20-12-6-4-11(5-7-12)16(18)14-9-8-13(19-2)10-15(14)17/h4-10H,3H2,1-2H3. The van der Waals surface area contributed by atoms with Crippen molar-refractivity contribution in [1.29, 1.82) is 0 Å². The van der Waals surface area contributed by atoms with Gasteiger partial charge in [-0.1, -0.05) is 0 Å². The Labute approximate surface area is 117 Å². The second-order valence-corrected chi connectivity index (χ2v) is 4.13. The van der Waals surface area contributed by atoms with Gasteiger partial charge in [0.2, 0.25) is 0 Å². The van der Waals surface area contributed by atoms with E-state index >= 15 is 0 Å². The SMILES string of the molecule is CCOc1ccc(C(=O)c2ccc(OC)cc2F)cc1. The molecule has 3 nitrogen and oxygen atoms in total. The van der Waals surface area contributed by atoms with Crippen molar-refractivity contribution in [2.45, 2.75) is 6.92 Å². The van der Waals surface area contributed by atoms with Gasteiger partial charge in [-0.15, -0.1) is 0 Å². The zero-order valence-electron chi connectivity index (χ0n) is 11.4. The van der Waals surface area contributed by atoms with E-state index in [1.165, 1.54) is 19.2 Å². The maximum Gasteiger partial charge on any atom is 0.195 e. The lowest BCUT2D eigenvalue weighted by Crippen LogP contribution is -2.04. The maximum absolute atomic E-state index is 13.8. The topological polar surface area (TPSA) is 35.5 Å². The number of benzene rings is 2. The quantitative estimate of drug-likeness (QED) is 0.783. The Morgan fingerprint density at radius 2 is 1.75 bits per heavy atom. The van der Waals surface area contributed by atoms with Gasteiger partial charge in [-0.3, -0.25) is 4.79 Å². The highest BCUT2D eigenvalue weighted by Gasteiger charge is 2.14. The summed E-state index contributed by atoms with van der Waals surface area (Å²) >= 11 is 0. The van der Waals surface area contributed by atoms with Crippen molar-refractivity contribution in [1.82, 2.24) is 0 Å². The molecule has 0 saturated heterocycles. The molecule has 2 aromatic carbocycles. The molecule has 0 aliphatic rings. The Kier molecular flexibility index (Phi) is 4.35. The van der Waals surface area contributed by atoms with Gasteiger partial charge in [-0.25, -0.2) is 4.39 Å². The van der Waals surface area contributed by atoms with Crippen molar-refractivity contribution >= 4 is 5.78 Å². The van der Waals surface area contributed by atoms with Crippen molar-refractivity contribution in [3.8, 4) is 11.5 Å². The van der Waals surface area contributed by atoms with Gasteiger partial charge in [0.15, 0.2) is 5.78 Å². The minimum atomic E-state index is -0.594. The van der Waals surface area contributed by atoms with Gasteiger partial charge in [0.1, 0.15) is 17.3 Å². The summed E-state index contributed by atoms with van der Waals surface area (Å²) in [6, 6.07) is 10.8. The molecular formula is C16H15FO3. The molecule has 0 saturated carbocycles. The zero-order chi connectivity index (χ0) is 14.5.